The molecule has 1 saturated heterocycles. The molecule has 3 heterocycles. The Morgan fingerprint density at radius 1 is 1.15 bits per heavy atom. The molecule has 6 heteroatoms. The fourth-order valence-corrected chi connectivity index (χ4v) is 6.17. The van der Waals surface area contributed by atoms with Gasteiger partial charge in [0.1, 0.15) is 24.0 Å². The van der Waals surface area contributed by atoms with Crippen molar-refractivity contribution in [1.29, 1.82) is 0 Å². The number of nitrogens with one attached hydrogen (secondary N) is 1. The molecule has 1 aliphatic carbocycles. The number of rotatable bonds is 5. The Morgan fingerprint density at radius 2 is 1.97 bits per heavy atom. The summed E-state index contributed by atoms with van der Waals surface area (Å²) in [6, 6.07) is 16.9. The van der Waals surface area contributed by atoms with Crippen LogP contribution in [0.2, 0.25) is 0 Å². The Balaban J connectivity index is 1.40. The van der Waals surface area contributed by atoms with Gasteiger partial charge in [-0.25, -0.2) is 9.97 Å². The van der Waals surface area contributed by atoms with Crippen molar-refractivity contribution < 1.29 is 4.74 Å². The SMILES string of the molecule is C[C@@H]1CCc2ncnc(N3CC4(CCNCC4)c4cc(OC(CN)c5ccccc5)ccc43)c21. The van der Waals surface area contributed by atoms with E-state index in [9.17, 15) is 0 Å². The molecule has 0 saturated carbocycles. The summed E-state index contributed by atoms with van der Waals surface area (Å²) >= 11 is 0. The smallest absolute Gasteiger partial charge is 0.140 e. The highest BCUT2D eigenvalue weighted by Gasteiger charge is 2.45. The summed E-state index contributed by atoms with van der Waals surface area (Å²) < 4.78 is 6.46. The molecule has 6 rings (SSSR count). The first-order chi connectivity index (χ1) is 16.7. The fraction of sp³-hybridized carbons (Fsp3) is 0.429. The number of nitrogens with zero attached hydrogens (tertiary/aromatic N) is 3. The van der Waals surface area contributed by atoms with Gasteiger partial charge in [-0.2, -0.15) is 0 Å². The maximum Gasteiger partial charge on any atom is 0.140 e. The lowest BCUT2D eigenvalue weighted by Crippen LogP contribution is -2.42. The summed E-state index contributed by atoms with van der Waals surface area (Å²) in [5, 5.41) is 3.56. The van der Waals surface area contributed by atoms with Crippen molar-refractivity contribution in [3.63, 3.8) is 0 Å². The number of anilines is 2. The number of nitrogens with two attached hydrogens (primary N) is 1. The van der Waals surface area contributed by atoms with E-state index in [0.29, 0.717) is 12.5 Å². The van der Waals surface area contributed by atoms with Gasteiger partial charge in [-0.1, -0.05) is 37.3 Å². The zero-order valence-corrected chi connectivity index (χ0v) is 19.8. The first-order valence-electron chi connectivity index (χ1n) is 12.6. The monoisotopic (exact) mass is 455 g/mol. The number of hydrogen-bond donors (Lipinski definition) is 2. The van der Waals surface area contributed by atoms with Crippen molar-refractivity contribution in [2.75, 3.05) is 31.1 Å². The molecule has 0 bridgehead atoms. The number of benzene rings is 2. The summed E-state index contributed by atoms with van der Waals surface area (Å²) in [5.41, 5.74) is 12.5. The van der Waals surface area contributed by atoms with Crippen LogP contribution in [-0.4, -0.2) is 36.1 Å². The number of fused-ring (bicyclic) bond motifs is 3. The highest BCUT2D eigenvalue weighted by Crippen LogP contribution is 2.51. The predicted molar refractivity (Wildman–Crippen MR) is 135 cm³/mol. The highest BCUT2D eigenvalue weighted by atomic mass is 16.5. The van der Waals surface area contributed by atoms with Gasteiger partial charge in [0, 0.05) is 35.4 Å². The van der Waals surface area contributed by atoms with Gasteiger partial charge >= 0.3 is 0 Å². The standard InChI is InChI=1S/C28H33N5O/c1-19-7-9-23-26(19)27(32-18-31-23)33-17-28(11-13-30-14-12-28)22-15-21(8-10-24(22)33)34-25(16-29)20-5-3-2-4-6-20/h2-6,8,10,15,18-19,25,30H,7,9,11-14,16-17,29H2,1H3/t19-,25?/m1/s1. The van der Waals surface area contributed by atoms with Gasteiger partial charge in [0.15, 0.2) is 0 Å². The molecule has 0 radical (unpaired) electrons. The van der Waals surface area contributed by atoms with Crippen LogP contribution in [0.15, 0.2) is 54.9 Å². The molecule has 3 aliphatic rings. The molecular weight excluding hydrogens is 422 g/mol. The van der Waals surface area contributed by atoms with Crippen molar-refractivity contribution in [1.82, 2.24) is 15.3 Å². The average molecular weight is 456 g/mol. The van der Waals surface area contributed by atoms with Gasteiger partial charge in [0.05, 0.1) is 0 Å². The molecule has 3 aromatic rings. The van der Waals surface area contributed by atoms with E-state index >= 15 is 0 Å². The quantitative estimate of drug-likeness (QED) is 0.595. The molecule has 1 aromatic heterocycles. The van der Waals surface area contributed by atoms with Crippen LogP contribution < -0.4 is 20.7 Å². The van der Waals surface area contributed by atoms with Crippen molar-refractivity contribution in [3.05, 3.63) is 77.2 Å². The molecule has 1 unspecified atom stereocenters. The molecule has 6 nitrogen and oxygen atoms in total. The number of hydrogen-bond acceptors (Lipinski definition) is 6. The van der Waals surface area contributed by atoms with Crippen LogP contribution in [-0.2, 0) is 11.8 Å². The van der Waals surface area contributed by atoms with Crippen LogP contribution in [0.25, 0.3) is 0 Å². The van der Waals surface area contributed by atoms with Crippen LogP contribution in [0.5, 0.6) is 5.75 Å². The first-order valence-corrected chi connectivity index (χ1v) is 12.6. The van der Waals surface area contributed by atoms with Gasteiger partial charge in [-0.3, -0.25) is 0 Å². The molecule has 1 spiro atoms. The molecule has 2 aromatic carbocycles. The summed E-state index contributed by atoms with van der Waals surface area (Å²) in [6.07, 6.45) is 6.02. The van der Waals surface area contributed by atoms with E-state index in [1.54, 1.807) is 6.33 Å². The molecule has 1 fully saturated rings. The maximum absolute atomic E-state index is 6.46. The lowest BCUT2D eigenvalue weighted by molar-refractivity contribution is 0.213. The predicted octanol–water partition coefficient (Wildman–Crippen LogP) is 4.38. The van der Waals surface area contributed by atoms with Gasteiger partial charge in [-0.05, 0) is 74.0 Å². The van der Waals surface area contributed by atoms with Crippen LogP contribution >= 0.6 is 0 Å². The molecule has 3 N–H and O–H groups in total. The van der Waals surface area contributed by atoms with Crippen molar-refractivity contribution >= 4 is 11.5 Å². The van der Waals surface area contributed by atoms with Crippen LogP contribution in [0.4, 0.5) is 11.5 Å². The lowest BCUT2D eigenvalue weighted by atomic mass is 9.75. The summed E-state index contributed by atoms with van der Waals surface area (Å²) in [5.74, 6) is 2.49. The number of ether oxygens (including phenoxy) is 1. The Kier molecular flexibility index (Phi) is 5.50. The second-order valence-electron chi connectivity index (χ2n) is 10.0. The zero-order valence-electron chi connectivity index (χ0n) is 19.8. The van der Waals surface area contributed by atoms with Gasteiger partial charge in [0.25, 0.3) is 0 Å². The van der Waals surface area contributed by atoms with Gasteiger partial charge in [-0.15, -0.1) is 0 Å². The molecule has 34 heavy (non-hydrogen) atoms. The molecule has 2 aliphatic heterocycles. The molecular formula is C28H33N5O. The Labute approximate surface area is 201 Å². The number of piperidine rings is 1. The maximum atomic E-state index is 6.46. The number of aromatic nitrogens is 2. The van der Waals surface area contributed by atoms with E-state index in [4.69, 9.17) is 15.5 Å². The molecule has 176 valence electrons. The minimum absolute atomic E-state index is 0.102. The van der Waals surface area contributed by atoms with E-state index in [1.165, 1.54) is 22.5 Å². The normalized spacial score (nSPS) is 21.4. The topological polar surface area (TPSA) is 76.3 Å². The van der Waals surface area contributed by atoms with E-state index in [1.807, 2.05) is 18.2 Å². The highest BCUT2D eigenvalue weighted by molar-refractivity contribution is 5.74. The summed E-state index contributed by atoms with van der Waals surface area (Å²) in [7, 11) is 0. The van der Waals surface area contributed by atoms with Crippen molar-refractivity contribution in [3.8, 4) is 5.75 Å². The molecule has 2 atom stereocenters. The third kappa shape index (κ3) is 3.56. The van der Waals surface area contributed by atoms with E-state index in [2.05, 4.69) is 52.5 Å². The van der Waals surface area contributed by atoms with Gasteiger partial charge < -0.3 is 20.7 Å². The van der Waals surface area contributed by atoms with E-state index in [-0.39, 0.29) is 11.5 Å². The lowest BCUT2D eigenvalue weighted by Gasteiger charge is -2.35. The number of aryl methyl sites for hydroxylation is 1. The van der Waals surface area contributed by atoms with E-state index < -0.39 is 0 Å². The summed E-state index contributed by atoms with van der Waals surface area (Å²) in [4.78, 5) is 11.9. The van der Waals surface area contributed by atoms with E-state index in [0.717, 1.165) is 62.4 Å². The van der Waals surface area contributed by atoms with Crippen LogP contribution in [0.3, 0.4) is 0 Å². The minimum Gasteiger partial charge on any atom is -0.484 e. The minimum atomic E-state index is -0.160. The second-order valence-corrected chi connectivity index (χ2v) is 10.0. The van der Waals surface area contributed by atoms with Gasteiger partial charge in [0.2, 0.25) is 0 Å². The fourth-order valence-electron chi connectivity index (χ4n) is 6.17. The first kappa shape index (κ1) is 21.6. The Morgan fingerprint density at radius 3 is 2.76 bits per heavy atom. The Hall–Kier alpha value is -2.96. The third-order valence-electron chi connectivity index (χ3n) is 8.02. The third-order valence-corrected chi connectivity index (χ3v) is 8.02. The summed E-state index contributed by atoms with van der Waals surface area (Å²) in [6.45, 7) is 5.78. The largest absolute Gasteiger partial charge is 0.484 e. The van der Waals surface area contributed by atoms with Crippen LogP contribution in [0, 0.1) is 0 Å². The van der Waals surface area contributed by atoms with Crippen molar-refractivity contribution in [2.24, 2.45) is 5.73 Å². The average Bonchev–Trinajstić information content (AvgIpc) is 3.41. The Bertz CT molecular complexity index is 1170. The molecule has 0 amide bonds. The zero-order chi connectivity index (χ0) is 23.1. The second kappa shape index (κ2) is 8.67. The van der Waals surface area contributed by atoms with Crippen molar-refractivity contribution in [2.45, 2.75) is 50.0 Å². The van der Waals surface area contributed by atoms with Crippen LogP contribution in [0.1, 0.15) is 60.6 Å².